The first-order valence-corrected chi connectivity index (χ1v) is 29.3. The van der Waals surface area contributed by atoms with Crippen LogP contribution in [0.25, 0.3) is 0 Å². The second-order valence-corrected chi connectivity index (χ2v) is 28.4. The van der Waals surface area contributed by atoms with Gasteiger partial charge in [0.1, 0.15) is 10.8 Å². The molecule has 18 aliphatic rings. The van der Waals surface area contributed by atoms with Crippen molar-refractivity contribution in [2.45, 2.75) is 37.0 Å². The van der Waals surface area contributed by atoms with Crippen LogP contribution in [-0.4, -0.2) is 142 Å². The molecule has 18 rings (SSSR count). The third-order valence-corrected chi connectivity index (χ3v) is 28.2. The van der Waals surface area contributed by atoms with Crippen LogP contribution in [0, 0.1) is 200 Å². The number of amides is 4. The first-order chi connectivity index (χ1) is 36.1. The molecule has 0 aromatic heterocycles. The van der Waals surface area contributed by atoms with E-state index >= 15 is 19.2 Å². The number of rotatable bonds is 16. The van der Waals surface area contributed by atoms with Crippen molar-refractivity contribution in [2.75, 3.05) is 52.9 Å². The number of carbonyl (C=O) groups is 4. The fourth-order valence-electron chi connectivity index (χ4n) is 28.1. The van der Waals surface area contributed by atoms with Gasteiger partial charge in [-0.2, -0.15) is 0 Å². The first kappa shape index (κ1) is 44.7. The molecule has 74 heavy (non-hydrogen) atoms. The Kier molecular flexibility index (Phi) is 8.55. The molecule has 4 amide bonds. The van der Waals surface area contributed by atoms with Gasteiger partial charge in [-0.05, 0) is 202 Å². The predicted octanol–water partition coefficient (Wildman–Crippen LogP) is -2.01. The lowest BCUT2D eigenvalue weighted by Gasteiger charge is -2.61. The highest BCUT2D eigenvalue weighted by Gasteiger charge is 2.95. The maximum absolute atomic E-state index is 15.6. The lowest BCUT2D eigenvalue weighted by atomic mass is 9.43. The van der Waals surface area contributed by atoms with E-state index in [1.54, 1.807) is 5.57 Å². The molecular weight excluding hydrogens is 945 g/mol. The van der Waals surface area contributed by atoms with Gasteiger partial charge >= 0.3 is 0 Å². The molecule has 0 aromatic carbocycles. The SMILES string of the molecule is O=C(NC(CO)CO)C1(C(=O)NC(CO)CO)C2C3C4C=CC5C6C=CC7C8C6C6=C9C%10C%11C%12C9C8C8C9C%12C%12C(CCC%13C%12C%11C(C3C%10C4C65)C%13C21)C9C1C(C78)C1(C(=O)NC(CO)CO)C(=O)NC(CO)CO. The van der Waals surface area contributed by atoms with E-state index in [0.717, 1.165) is 12.8 Å². The van der Waals surface area contributed by atoms with Crippen molar-refractivity contribution in [3.8, 4) is 0 Å². The average Bonchev–Trinajstić information content (AvgIpc) is 3.79. The second kappa shape index (κ2) is 14.1. The highest BCUT2D eigenvalue weighted by Crippen LogP contribution is 2.96. The summed E-state index contributed by atoms with van der Waals surface area (Å²) in [5, 5.41) is 95.5. The van der Waals surface area contributed by atoms with Gasteiger partial charge in [0.25, 0.3) is 0 Å². The summed E-state index contributed by atoms with van der Waals surface area (Å²) in [6, 6.07) is -3.80. The van der Waals surface area contributed by atoms with Crippen LogP contribution < -0.4 is 21.3 Å². The maximum Gasteiger partial charge on any atom is 0.236 e. The summed E-state index contributed by atoms with van der Waals surface area (Å²) in [5.41, 5.74) is 0.622. The lowest BCUT2D eigenvalue weighted by Crippen LogP contribution is -2.58. The van der Waals surface area contributed by atoms with Crippen molar-refractivity contribution < 1.29 is 60.0 Å². The van der Waals surface area contributed by atoms with Crippen LogP contribution in [0.4, 0.5) is 0 Å². The van der Waals surface area contributed by atoms with Gasteiger partial charge in [-0.3, -0.25) is 19.2 Å². The van der Waals surface area contributed by atoms with Gasteiger partial charge < -0.3 is 62.1 Å². The number of aliphatic hydroxyl groups is 8. The smallest absolute Gasteiger partial charge is 0.236 e. The van der Waals surface area contributed by atoms with Crippen LogP contribution >= 0.6 is 0 Å². The Balaban J connectivity index is 0.873. The van der Waals surface area contributed by atoms with Gasteiger partial charge in [-0.15, -0.1) is 0 Å². The topological polar surface area (TPSA) is 278 Å². The summed E-state index contributed by atoms with van der Waals surface area (Å²) in [6.45, 7) is -3.85. The monoisotopic (exact) mass is 1020 g/mol. The van der Waals surface area contributed by atoms with Crippen LogP contribution in [0.5, 0.6) is 0 Å². The molecule has 14 fully saturated rings. The average molecular weight is 1020 g/mol. The van der Waals surface area contributed by atoms with Gasteiger partial charge in [0.05, 0.1) is 77.0 Å². The summed E-state index contributed by atoms with van der Waals surface area (Å²) in [6.07, 6.45) is 12.1. The molecule has 0 saturated heterocycles. The highest BCUT2D eigenvalue weighted by atomic mass is 16.3. The van der Waals surface area contributed by atoms with Crippen molar-refractivity contribution in [3.63, 3.8) is 0 Å². The summed E-state index contributed by atoms with van der Waals surface area (Å²) < 4.78 is 0. The fourth-order valence-corrected chi connectivity index (χ4v) is 28.1. The van der Waals surface area contributed by atoms with Crippen molar-refractivity contribution in [2.24, 2.45) is 200 Å². The summed E-state index contributed by atoms with van der Waals surface area (Å²) >= 11 is 0. The van der Waals surface area contributed by atoms with Crippen LogP contribution in [-0.2, 0) is 19.2 Å². The molecule has 32 atom stereocenters. The van der Waals surface area contributed by atoms with Crippen molar-refractivity contribution >= 4 is 23.6 Å². The van der Waals surface area contributed by atoms with E-state index in [9.17, 15) is 40.9 Å². The van der Waals surface area contributed by atoms with E-state index in [-0.39, 0.29) is 71.0 Å². The fraction of sp³-hybridized carbons (Fsp3) is 0.828. The highest BCUT2D eigenvalue weighted by molar-refractivity contribution is 6.10. The van der Waals surface area contributed by atoms with E-state index in [1.807, 2.05) is 5.57 Å². The van der Waals surface area contributed by atoms with Crippen LogP contribution in [0.1, 0.15) is 12.8 Å². The Morgan fingerprint density at radius 3 is 0.959 bits per heavy atom. The van der Waals surface area contributed by atoms with Gasteiger partial charge in [0.2, 0.25) is 23.6 Å². The Bertz CT molecular complexity index is 2470. The number of hydrogen-bond acceptors (Lipinski definition) is 12. The molecular formula is C58H72N4O12. The first-order valence-electron chi connectivity index (χ1n) is 29.3. The minimum atomic E-state index is -1.51. The molecule has 0 radical (unpaired) electrons. The number of hydrogen-bond donors (Lipinski definition) is 12. The van der Waals surface area contributed by atoms with Gasteiger partial charge in [-0.25, -0.2) is 0 Å². The predicted molar refractivity (Wildman–Crippen MR) is 255 cm³/mol. The second-order valence-electron chi connectivity index (χ2n) is 28.4. The molecule has 0 bridgehead atoms. The Morgan fingerprint density at radius 1 is 0.351 bits per heavy atom. The Labute approximate surface area is 429 Å². The minimum Gasteiger partial charge on any atom is -0.394 e. The van der Waals surface area contributed by atoms with E-state index in [0.29, 0.717) is 118 Å². The number of nitrogens with one attached hydrogen (secondary N) is 4. The summed E-state index contributed by atoms with van der Waals surface area (Å²) in [7, 11) is 0. The number of fused-ring (bicyclic) bond motifs is 11. The maximum atomic E-state index is 15.6. The molecule has 0 spiro atoms. The molecule has 16 nitrogen and oxygen atoms in total. The van der Waals surface area contributed by atoms with E-state index in [4.69, 9.17) is 0 Å². The number of carbonyl (C=O) groups excluding carboxylic acids is 4. The third kappa shape index (κ3) is 4.28. The standard InChI is InChI=1S/C58H72N4O12/c63-7-15(8-64)59-53(71)57(54(72)60-16(9-65)10-66)49-31-21-3-1-19-20-2-4-22-28-26(20)35-25(19)27(21)36-40(31)42-33(51(49)57)23-5-6-24-30-29(23)38(42)47-45(36)44(35)46-37(28)41-32(22)50-52(34(24)43(41)39(30)48(46)47)58(50,55(73)61-17(11-67)12-68)56(74)62-18(13-69)14-70/h1-4,15-34,36-43,45-52,63-70H,5-14H2,(H,59,71)(H,60,72)(H,61,73)(H,62,74). The van der Waals surface area contributed by atoms with Crippen molar-refractivity contribution in [1.82, 2.24) is 21.3 Å². The third-order valence-electron chi connectivity index (χ3n) is 28.2. The molecule has 18 aliphatic carbocycles. The molecule has 0 aromatic rings. The molecule has 0 aliphatic heterocycles. The zero-order chi connectivity index (χ0) is 50.0. The van der Waals surface area contributed by atoms with E-state index < -0.39 is 111 Å². The van der Waals surface area contributed by atoms with E-state index in [2.05, 4.69) is 45.6 Å². The molecule has 0 heterocycles. The van der Waals surface area contributed by atoms with Crippen molar-refractivity contribution in [3.05, 3.63) is 35.5 Å². The van der Waals surface area contributed by atoms with Gasteiger partial charge in [-0.1, -0.05) is 35.5 Å². The minimum absolute atomic E-state index is 0.0886. The Morgan fingerprint density at radius 2 is 0.622 bits per heavy atom. The van der Waals surface area contributed by atoms with Crippen LogP contribution in [0.3, 0.4) is 0 Å². The number of aliphatic hydroxyl groups excluding tert-OH is 8. The van der Waals surface area contributed by atoms with Gasteiger partial charge in [0.15, 0.2) is 0 Å². The quantitative estimate of drug-likeness (QED) is 0.0591. The molecule has 14 saturated carbocycles. The largest absolute Gasteiger partial charge is 0.394 e. The number of allylic oxidation sites excluding steroid dienone is 6. The van der Waals surface area contributed by atoms with E-state index in [1.165, 1.54) is 0 Å². The zero-order valence-electron chi connectivity index (χ0n) is 41.4. The molecule has 32 unspecified atom stereocenters. The normalized spacial score (nSPS) is 56.4. The molecule has 16 heteroatoms. The summed E-state index contributed by atoms with van der Waals surface area (Å²) in [4.78, 5) is 62.4. The molecule has 12 N–H and O–H groups in total. The Hall–Kier alpha value is -3.22. The van der Waals surface area contributed by atoms with Crippen LogP contribution in [0.2, 0.25) is 0 Å². The molecule has 396 valence electrons. The summed E-state index contributed by atoms with van der Waals surface area (Å²) in [5.74, 6) is 6.44. The van der Waals surface area contributed by atoms with Crippen LogP contribution in [0.15, 0.2) is 35.5 Å². The van der Waals surface area contributed by atoms with Gasteiger partial charge in [0, 0.05) is 0 Å². The zero-order valence-corrected chi connectivity index (χ0v) is 41.4. The lowest BCUT2D eigenvalue weighted by molar-refractivity contribution is -0.148. The van der Waals surface area contributed by atoms with Crippen molar-refractivity contribution in [1.29, 1.82) is 0 Å².